The van der Waals surface area contributed by atoms with Crippen molar-refractivity contribution in [3.63, 3.8) is 0 Å². The first-order chi connectivity index (χ1) is 9.59. The molecule has 0 radical (unpaired) electrons. The number of benzene rings is 1. The summed E-state index contributed by atoms with van der Waals surface area (Å²) in [6.45, 7) is 5.13. The largest absolute Gasteiger partial charge is 0.370 e. The number of aliphatic imine (C=N–C) groups is 1. The second-order valence-electron chi connectivity index (χ2n) is 5.61. The molecule has 3 N–H and O–H groups in total. The summed E-state index contributed by atoms with van der Waals surface area (Å²) in [6, 6.07) is 8.66. The third kappa shape index (κ3) is 3.66. The normalized spacial score (nSPS) is 16.2. The van der Waals surface area contributed by atoms with E-state index in [4.69, 9.17) is 17.3 Å². The Bertz CT molecular complexity index is 459. The van der Waals surface area contributed by atoms with Crippen molar-refractivity contribution >= 4 is 17.6 Å². The third-order valence-electron chi connectivity index (χ3n) is 4.29. The minimum absolute atomic E-state index is 0.0421. The molecule has 1 aromatic rings. The summed E-state index contributed by atoms with van der Waals surface area (Å²) in [4.78, 5) is 4.57. The molecule has 0 saturated heterocycles. The first-order valence-corrected chi connectivity index (χ1v) is 7.80. The Morgan fingerprint density at radius 3 is 2.40 bits per heavy atom. The van der Waals surface area contributed by atoms with Crippen LogP contribution >= 0.6 is 11.6 Å². The van der Waals surface area contributed by atoms with Gasteiger partial charge in [-0.15, -0.1) is 0 Å². The van der Waals surface area contributed by atoms with Crippen LogP contribution in [0.15, 0.2) is 29.3 Å². The Morgan fingerprint density at radius 1 is 1.30 bits per heavy atom. The maximum absolute atomic E-state index is 5.98. The van der Waals surface area contributed by atoms with Gasteiger partial charge in [-0.05, 0) is 43.4 Å². The summed E-state index contributed by atoms with van der Waals surface area (Å²) in [5, 5.41) is 4.01. The monoisotopic (exact) mass is 293 g/mol. The number of nitrogens with zero attached hydrogens (tertiary/aromatic N) is 1. The van der Waals surface area contributed by atoms with Gasteiger partial charge in [0.1, 0.15) is 0 Å². The van der Waals surface area contributed by atoms with E-state index in [1.54, 1.807) is 0 Å². The van der Waals surface area contributed by atoms with Gasteiger partial charge in [-0.2, -0.15) is 0 Å². The third-order valence-corrected chi connectivity index (χ3v) is 4.54. The minimum atomic E-state index is 0.0421. The van der Waals surface area contributed by atoms with Gasteiger partial charge in [0.05, 0.1) is 6.54 Å². The van der Waals surface area contributed by atoms with Gasteiger partial charge < -0.3 is 11.1 Å². The zero-order valence-corrected chi connectivity index (χ0v) is 13.1. The molecule has 0 atom stereocenters. The van der Waals surface area contributed by atoms with Crippen molar-refractivity contribution in [1.82, 2.24) is 5.32 Å². The van der Waals surface area contributed by atoms with Crippen LogP contribution in [0.25, 0.3) is 0 Å². The number of hydrogen-bond donors (Lipinski definition) is 2. The molecule has 3 nitrogen and oxygen atoms in total. The number of rotatable bonds is 6. The molecule has 0 bridgehead atoms. The van der Waals surface area contributed by atoms with Crippen molar-refractivity contribution in [2.75, 3.05) is 6.54 Å². The van der Waals surface area contributed by atoms with Crippen molar-refractivity contribution in [2.24, 2.45) is 10.7 Å². The number of hydrogen-bond acceptors (Lipinski definition) is 1. The molecule has 4 heteroatoms. The van der Waals surface area contributed by atoms with E-state index in [1.807, 2.05) is 12.1 Å². The standard InChI is InChI=1S/C16H24ClN3/c1-3-16(4-2,12-5-7-13(17)8-6-12)11-19-15(18)20-14-9-10-14/h5-8,14H,3-4,9-11H2,1-2H3,(H3,18,19,20). The summed E-state index contributed by atoms with van der Waals surface area (Å²) in [5.41, 5.74) is 7.28. The number of guanidine groups is 1. The average Bonchev–Trinajstić information content (AvgIpc) is 3.26. The maximum Gasteiger partial charge on any atom is 0.188 e. The maximum atomic E-state index is 5.98. The van der Waals surface area contributed by atoms with Crippen LogP contribution < -0.4 is 11.1 Å². The molecule has 1 saturated carbocycles. The highest BCUT2D eigenvalue weighted by molar-refractivity contribution is 6.30. The van der Waals surface area contributed by atoms with Crippen LogP contribution in [0.2, 0.25) is 5.02 Å². The van der Waals surface area contributed by atoms with E-state index in [-0.39, 0.29) is 5.41 Å². The predicted octanol–water partition coefficient (Wildman–Crippen LogP) is 3.46. The van der Waals surface area contributed by atoms with Crippen LogP contribution in [-0.4, -0.2) is 18.5 Å². The molecule has 0 amide bonds. The van der Waals surface area contributed by atoms with Crippen LogP contribution in [-0.2, 0) is 5.41 Å². The lowest BCUT2D eigenvalue weighted by molar-refractivity contribution is 0.407. The van der Waals surface area contributed by atoms with Crippen LogP contribution in [0.3, 0.4) is 0 Å². The van der Waals surface area contributed by atoms with Crippen molar-refractivity contribution in [1.29, 1.82) is 0 Å². The predicted molar refractivity (Wildman–Crippen MR) is 86.4 cm³/mol. The molecule has 0 aromatic heterocycles. The zero-order chi connectivity index (χ0) is 14.6. The van der Waals surface area contributed by atoms with E-state index < -0.39 is 0 Å². The van der Waals surface area contributed by atoms with Gasteiger partial charge in [-0.1, -0.05) is 37.6 Å². The van der Waals surface area contributed by atoms with Gasteiger partial charge in [-0.25, -0.2) is 0 Å². The smallest absolute Gasteiger partial charge is 0.188 e. The van der Waals surface area contributed by atoms with E-state index >= 15 is 0 Å². The van der Waals surface area contributed by atoms with Crippen molar-refractivity contribution < 1.29 is 0 Å². The molecule has 20 heavy (non-hydrogen) atoms. The Hall–Kier alpha value is -1.22. The average molecular weight is 294 g/mol. The van der Waals surface area contributed by atoms with Gasteiger partial charge in [0.15, 0.2) is 5.96 Å². The molecule has 1 aromatic carbocycles. The molecule has 1 aliphatic carbocycles. The van der Waals surface area contributed by atoms with Gasteiger partial charge in [-0.3, -0.25) is 4.99 Å². The summed E-state index contributed by atoms with van der Waals surface area (Å²) in [5.74, 6) is 0.577. The van der Waals surface area contributed by atoms with E-state index in [1.165, 1.54) is 18.4 Å². The second-order valence-corrected chi connectivity index (χ2v) is 6.05. The number of nitrogens with two attached hydrogens (primary N) is 1. The summed E-state index contributed by atoms with van der Waals surface area (Å²) < 4.78 is 0. The highest BCUT2D eigenvalue weighted by Gasteiger charge is 2.28. The summed E-state index contributed by atoms with van der Waals surface area (Å²) in [7, 11) is 0. The first-order valence-electron chi connectivity index (χ1n) is 7.42. The fourth-order valence-electron chi connectivity index (χ4n) is 2.50. The van der Waals surface area contributed by atoms with Crippen LogP contribution in [0.5, 0.6) is 0 Å². The van der Waals surface area contributed by atoms with Crippen molar-refractivity contribution in [2.45, 2.75) is 51.0 Å². The molecule has 1 aliphatic rings. The highest BCUT2D eigenvalue weighted by Crippen LogP contribution is 2.32. The Kier molecular flexibility index (Phi) is 4.92. The molecule has 0 spiro atoms. The van der Waals surface area contributed by atoms with Crippen LogP contribution in [0.4, 0.5) is 0 Å². The fourth-order valence-corrected chi connectivity index (χ4v) is 2.62. The lowest BCUT2D eigenvalue weighted by Crippen LogP contribution is -2.36. The van der Waals surface area contributed by atoms with E-state index in [9.17, 15) is 0 Å². The molecule has 2 rings (SSSR count). The minimum Gasteiger partial charge on any atom is -0.370 e. The quantitative estimate of drug-likeness (QED) is 0.623. The van der Waals surface area contributed by atoms with Gasteiger partial charge >= 0.3 is 0 Å². The van der Waals surface area contributed by atoms with Crippen LogP contribution in [0, 0.1) is 0 Å². The lowest BCUT2D eigenvalue weighted by Gasteiger charge is -2.31. The molecule has 0 heterocycles. The zero-order valence-electron chi connectivity index (χ0n) is 12.3. The van der Waals surface area contributed by atoms with Gasteiger partial charge in [0.2, 0.25) is 0 Å². The van der Waals surface area contributed by atoms with E-state index in [2.05, 4.69) is 36.3 Å². The van der Waals surface area contributed by atoms with Crippen LogP contribution in [0.1, 0.15) is 45.1 Å². The van der Waals surface area contributed by atoms with Gasteiger partial charge in [0, 0.05) is 16.5 Å². The molecular weight excluding hydrogens is 270 g/mol. The molecule has 0 unspecified atom stereocenters. The first kappa shape index (κ1) is 15.2. The Morgan fingerprint density at radius 2 is 1.90 bits per heavy atom. The molecular formula is C16H24ClN3. The number of nitrogens with one attached hydrogen (secondary N) is 1. The Balaban J connectivity index is 2.13. The molecule has 0 aliphatic heterocycles. The van der Waals surface area contributed by atoms with E-state index in [0.29, 0.717) is 18.5 Å². The van der Waals surface area contributed by atoms with E-state index in [0.717, 1.165) is 17.9 Å². The summed E-state index contributed by atoms with van der Waals surface area (Å²) in [6.07, 6.45) is 4.48. The molecule has 1 fully saturated rings. The Labute approximate surface area is 126 Å². The lowest BCUT2D eigenvalue weighted by atomic mass is 9.76. The van der Waals surface area contributed by atoms with Crippen molar-refractivity contribution in [3.8, 4) is 0 Å². The topological polar surface area (TPSA) is 50.4 Å². The SMILES string of the molecule is CCC(CC)(CN=C(N)NC1CC1)c1ccc(Cl)cc1. The molecule has 110 valence electrons. The summed E-state index contributed by atoms with van der Waals surface area (Å²) >= 11 is 5.98. The fraction of sp³-hybridized carbons (Fsp3) is 0.562. The van der Waals surface area contributed by atoms with Gasteiger partial charge in [0.25, 0.3) is 0 Å². The highest BCUT2D eigenvalue weighted by atomic mass is 35.5. The second kappa shape index (κ2) is 6.49. The van der Waals surface area contributed by atoms with Crippen molar-refractivity contribution in [3.05, 3.63) is 34.9 Å². The number of halogens is 1.